The van der Waals surface area contributed by atoms with Gasteiger partial charge < -0.3 is 10.6 Å². The molecule has 0 amide bonds. The maximum Gasteiger partial charge on any atom is 0.125 e. The van der Waals surface area contributed by atoms with Gasteiger partial charge in [0.2, 0.25) is 0 Å². The molecular formula is C15H25N3. The molecule has 2 rings (SSSR count). The molecule has 1 atom stereocenters. The van der Waals surface area contributed by atoms with Crippen molar-refractivity contribution in [1.82, 2.24) is 10.3 Å². The minimum atomic E-state index is 0.182. The predicted molar refractivity (Wildman–Crippen MR) is 77.0 cm³/mol. The Hall–Kier alpha value is -1.09. The molecular weight excluding hydrogens is 222 g/mol. The third-order valence-electron chi connectivity index (χ3n) is 3.65. The summed E-state index contributed by atoms with van der Waals surface area (Å²) in [6.45, 7) is 10.0. The molecule has 1 aromatic heterocycles. The fraction of sp³-hybridized carbons (Fsp3) is 0.667. The fourth-order valence-corrected chi connectivity index (χ4v) is 2.31. The fourth-order valence-electron chi connectivity index (χ4n) is 2.31. The zero-order chi connectivity index (χ0) is 13.0. The lowest BCUT2D eigenvalue weighted by Crippen LogP contribution is -2.14. The third kappa shape index (κ3) is 3.70. The number of hydrogen-bond acceptors (Lipinski definition) is 3. The summed E-state index contributed by atoms with van der Waals surface area (Å²) < 4.78 is 0. The molecule has 2 N–H and O–H groups in total. The first kappa shape index (κ1) is 13.3. The van der Waals surface area contributed by atoms with Gasteiger partial charge in [0, 0.05) is 12.7 Å². The van der Waals surface area contributed by atoms with E-state index in [1.54, 1.807) is 0 Å². The molecule has 3 nitrogen and oxygen atoms in total. The van der Waals surface area contributed by atoms with Crippen LogP contribution in [0, 0.1) is 5.92 Å². The van der Waals surface area contributed by atoms with Gasteiger partial charge in [-0.1, -0.05) is 26.8 Å². The third-order valence-corrected chi connectivity index (χ3v) is 3.65. The van der Waals surface area contributed by atoms with Crippen LogP contribution in [0.25, 0.3) is 0 Å². The summed E-state index contributed by atoms with van der Waals surface area (Å²) in [7, 11) is 0. The smallest absolute Gasteiger partial charge is 0.125 e. The monoisotopic (exact) mass is 247 g/mol. The molecule has 0 aliphatic carbocycles. The Labute approximate surface area is 110 Å². The Morgan fingerprint density at radius 1 is 1.39 bits per heavy atom. The molecule has 0 bridgehead atoms. The number of nitrogens with zero attached hydrogens (tertiary/aromatic N) is 1. The highest BCUT2D eigenvalue weighted by molar-refractivity contribution is 5.36. The van der Waals surface area contributed by atoms with E-state index in [9.17, 15) is 0 Å². The second kappa shape index (κ2) is 5.70. The van der Waals surface area contributed by atoms with Gasteiger partial charge in [-0.3, -0.25) is 0 Å². The molecule has 18 heavy (non-hydrogen) atoms. The van der Waals surface area contributed by atoms with Gasteiger partial charge in [0.15, 0.2) is 0 Å². The Kier molecular flexibility index (Phi) is 4.23. The van der Waals surface area contributed by atoms with E-state index in [1.807, 2.05) is 6.20 Å². The molecule has 1 aromatic rings. The highest BCUT2D eigenvalue weighted by Gasteiger charge is 2.15. The lowest BCUT2D eigenvalue weighted by Gasteiger charge is -2.18. The molecule has 0 aromatic carbocycles. The molecule has 1 unspecified atom stereocenters. The van der Waals surface area contributed by atoms with Crippen molar-refractivity contribution in [3.05, 3.63) is 23.9 Å². The van der Waals surface area contributed by atoms with Crippen molar-refractivity contribution >= 4 is 5.82 Å². The second-order valence-corrected chi connectivity index (χ2v) is 6.26. The van der Waals surface area contributed by atoms with Crippen LogP contribution in [-0.2, 0) is 5.41 Å². The van der Waals surface area contributed by atoms with Gasteiger partial charge in [-0.25, -0.2) is 4.98 Å². The molecule has 1 fully saturated rings. The summed E-state index contributed by atoms with van der Waals surface area (Å²) in [6, 6.07) is 4.26. The van der Waals surface area contributed by atoms with E-state index in [0.29, 0.717) is 0 Å². The van der Waals surface area contributed by atoms with Gasteiger partial charge in [-0.15, -0.1) is 0 Å². The van der Waals surface area contributed by atoms with E-state index in [0.717, 1.165) is 18.3 Å². The SMILES string of the molecule is CC(C)(C)c1ccc(NCCC2CCNC2)nc1. The highest BCUT2D eigenvalue weighted by Crippen LogP contribution is 2.22. The molecule has 0 radical (unpaired) electrons. The van der Waals surface area contributed by atoms with Crippen molar-refractivity contribution in [3.63, 3.8) is 0 Å². The van der Waals surface area contributed by atoms with E-state index >= 15 is 0 Å². The largest absolute Gasteiger partial charge is 0.370 e. The summed E-state index contributed by atoms with van der Waals surface area (Å²) in [6.07, 6.45) is 4.53. The van der Waals surface area contributed by atoms with Crippen LogP contribution in [0.3, 0.4) is 0 Å². The quantitative estimate of drug-likeness (QED) is 0.859. The van der Waals surface area contributed by atoms with Crippen LogP contribution in [0.5, 0.6) is 0 Å². The predicted octanol–water partition coefficient (Wildman–Crippen LogP) is 2.79. The zero-order valence-corrected chi connectivity index (χ0v) is 11.8. The molecule has 100 valence electrons. The number of nitrogens with one attached hydrogen (secondary N) is 2. The average molecular weight is 247 g/mol. The van der Waals surface area contributed by atoms with Crippen molar-refractivity contribution in [3.8, 4) is 0 Å². The van der Waals surface area contributed by atoms with E-state index in [2.05, 4.69) is 48.5 Å². The van der Waals surface area contributed by atoms with Crippen LogP contribution in [0.15, 0.2) is 18.3 Å². The standard InChI is InChI=1S/C15H25N3/c1-15(2,3)13-4-5-14(18-11-13)17-9-7-12-6-8-16-10-12/h4-5,11-12,16H,6-10H2,1-3H3,(H,17,18). The van der Waals surface area contributed by atoms with Crippen molar-refractivity contribution in [2.24, 2.45) is 5.92 Å². The Morgan fingerprint density at radius 2 is 2.22 bits per heavy atom. The van der Waals surface area contributed by atoms with Crippen LogP contribution in [0.2, 0.25) is 0 Å². The lowest BCUT2D eigenvalue weighted by atomic mass is 9.88. The first-order chi connectivity index (χ1) is 8.55. The molecule has 3 heteroatoms. The first-order valence-corrected chi connectivity index (χ1v) is 6.97. The van der Waals surface area contributed by atoms with E-state index in [4.69, 9.17) is 0 Å². The van der Waals surface area contributed by atoms with Gasteiger partial charge in [-0.05, 0) is 48.9 Å². The van der Waals surface area contributed by atoms with Crippen LogP contribution in [0.1, 0.15) is 39.2 Å². The van der Waals surface area contributed by atoms with Crippen LogP contribution < -0.4 is 10.6 Å². The minimum Gasteiger partial charge on any atom is -0.370 e. The highest BCUT2D eigenvalue weighted by atomic mass is 15.0. The van der Waals surface area contributed by atoms with E-state index in [-0.39, 0.29) is 5.41 Å². The number of pyridine rings is 1. The van der Waals surface area contributed by atoms with Gasteiger partial charge in [0.25, 0.3) is 0 Å². The topological polar surface area (TPSA) is 37.0 Å². The Morgan fingerprint density at radius 3 is 2.78 bits per heavy atom. The van der Waals surface area contributed by atoms with Crippen molar-refractivity contribution in [2.75, 3.05) is 25.0 Å². The second-order valence-electron chi connectivity index (χ2n) is 6.26. The lowest BCUT2D eigenvalue weighted by molar-refractivity contribution is 0.548. The molecule has 1 aliphatic rings. The van der Waals surface area contributed by atoms with Crippen LogP contribution >= 0.6 is 0 Å². The summed E-state index contributed by atoms with van der Waals surface area (Å²) in [5.41, 5.74) is 1.47. The van der Waals surface area contributed by atoms with Crippen molar-refractivity contribution < 1.29 is 0 Å². The summed E-state index contributed by atoms with van der Waals surface area (Å²) >= 11 is 0. The maximum atomic E-state index is 4.48. The normalized spacial score (nSPS) is 20.1. The van der Waals surface area contributed by atoms with Gasteiger partial charge in [0.05, 0.1) is 0 Å². The van der Waals surface area contributed by atoms with E-state index < -0.39 is 0 Å². The molecule has 0 spiro atoms. The van der Waals surface area contributed by atoms with Crippen LogP contribution in [0.4, 0.5) is 5.82 Å². The number of aromatic nitrogens is 1. The Balaban J connectivity index is 1.79. The molecule has 1 aliphatic heterocycles. The van der Waals surface area contributed by atoms with Gasteiger partial charge >= 0.3 is 0 Å². The summed E-state index contributed by atoms with van der Waals surface area (Å²) in [5.74, 6) is 1.83. The van der Waals surface area contributed by atoms with Crippen molar-refractivity contribution in [2.45, 2.75) is 39.0 Å². The zero-order valence-electron chi connectivity index (χ0n) is 11.8. The minimum absolute atomic E-state index is 0.182. The average Bonchev–Trinajstić information content (AvgIpc) is 2.82. The first-order valence-electron chi connectivity index (χ1n) is 6.97. The molecule has 1 saturated heterocycles. The summed E-state index contributed by atoms with van der Waals surface area (Å²) in [4.78, 5) is 4.48. The molecule has 2 heterocycles. The summed E-state index contributed by atoms with van der Waals surface area (Å²) in [5, 5.41) is 6.81. The van der Waals surface area contributed by atoms with Crippen LogP contribution in [-0.4, -0.2) is 24.6 Å². The Bertz CT molecular complexity index is 358. The number of hydrogen-bond donors (Lipinski definition) is 2. The maximum absolute atomic E-state index is 4.48. The van der Waals surface area contributed by atoms with Gasteiger partial charge in [-0.2, -0.15) is 0 Å². The number of rotatable bonds is 4. The van der Waals surface area contributed by atoms with Crippen molar-refractivity contribution in [1.29, 1.82) is 0 Å². The van der Waals surface area contributed by atoms with Gasteiger partial charge in [0.1, 0.15) is 5.82 Å². The number of anilines is 1. The van der Waals surface area contributed by atoms with E-state index in [1.165, 1.54) is 31.5 Å². The molecule has 0 saturated carbocycles.